The summed E-state index contributed by atoms with van der Waals surface area (Å²) in [6, 6.07) is 7.27. The first-order chi connectivity index (χ1) is 11.2. The van der Waals surface area contributed by atoms with Crippen molar-refractivity contribution in [2.24, 2.45) is 17.3 Å². The van der Waals surface area contributed by atoms with E-state index < -0.39 is 0 Å². The number of benzene rings is 1. The van der Waals surface area contributed by atoms with Crippen molar-refractivity contribution < 1.29 is 9.59 Å². The first kappa shape index (κ1) is 18.9. The highest BCUT2D eigenvalue weighted by Gasteiger charge is 2.60. The minimum atomic E-state index is -0.236. The average molecular weight is 367 g/mol. The van der Waals surface area contributed by atoms with Crippen LogP contribution in [0.1, 0.15) is 27.7 Å². The van der Waals surface area contributed by atoms with Gasteiger partial charge >= 0.3 is 0 Å². The number of hydrogen-bond donors (Lipinski definition) is 2. The van der Waals surface area contributed by atoms with Crippen molar-refractivity contribution in [3.63, 3.8) is 0 Å². The zero-order valence-electron chi connectivity index (χ0n) is 14.4. The summed E-state index contributed by atoms with van der Waals surface area (Å²) in [6.45, 7) is 8.19. The Morgan fingerprint density at radius 1 is 1.21 bits per heavy atom. The van der Waals surface area contributed by atoms with Gasteiger partial charge < -0.3 is 0 Å². The van der Waals surface area contributed by atoms with Crippen LogP contribution in [-0.2, 0) is 9.59 Å². The highest BCUT2D eigenvalue weighted by atomic mass is 35.5. The van der Waals surface area contributed by atoms with Crippen LogP contribution in [0, 0.1) is 17.3 Å². The third kappa shape index (κ3) is 4.77. The molecule has 2 rings (SSSR count). The maximum Gasteiger partial charge on any atom is 0.248 e. The summed E-state index contributed by atoms with van der Waals surface area (Å²) in [5.74, 6) is -0.0137. The molecule has 2 N–H and O–H groups in total. The molecule has 1 aliphatic rings. The van der Waals surface area contributed by atoms with E-state index in [1.54, 1.807) is 12.1 Å². The van der Waals surface area contributed by atoms with E-state index in [9.17, 15) is 9.59 Å². The predicted octanol–water partition coefficient (Wildman–Crippen LogP) is 3.82. The predicted molar refractivity (Wildman–Crippen MR) is 98.7 cm³/mol. The second-order valence-corrected chi connectivity index (χ2v) is 8.33. The molecule has 1 aromatic rings. The second-order valence-electron chi connectivity index (χ2n) is 6.85. The summed E-state index contributed by atoms with van der Waals surface area (Å²) in [5.41, 5.74) is 6.17. The fourth-order valence-corrected chi connectivity index (χ4v) is 3.60. The Balaban J connectivity index is 1.77. The van der Waals surface area contributed by atoms with Crippen molar-refractivity contribution in [3.05, 3.63) is 40.9 Å². The van der Waals surface area contributed by atoms with Gasteiger partial charge in [0.1, 0.15) is 0 Å². The fourth-order valence-electron chi connectivity index (χ4n) is 2.77. The van der Waals surface area contributed by atoms with Gasteiger partial charge in [0.15, 0.2) is 0 Å². The lowest BCUT2D eigenvalue weighted by molar-refractivity contribution is -0.129. The van der Waals surface area contributed by atoms with Crippen LogP contribution in [0.2, 0.25) is 5.02 Å². The van der Waals surface area contributed by atoms with Crippen molar-refractivity contribution in [3.8, 4) is 0 Å². The fraction of sp³-hybridized carbons (Fsp3) is 0.444. The van der Waals surface area contributed by atoms with Crippen molar-refractivity contribution >= 4 is 35.2 Å². The maximum atomic E-state index is 12.3. The van der Waals surface area contributed by atoms with E-state index in [-0.39, 0.29) is 34.8 Å². The first-order valence-electron chi connectivity index (χ1n) is 7.84. The van der Waals surface area contributed by atoms with Crippen LogP contribution < -0.4 is 10.9 Å². The van der Waals surface area contributed by atoms with E-state index in [1.165, 1.54) is 17.3 Å². The molecule has 0 aromatic heterocycles. The minimum Gasteiger partial charge on any atom is -0.273 e. The van der Waals surface area contributed by atoms with Crippen LogP contribution in [0.5, 0.6) is 0 Å². The molecule has 2 atom stereocenters. The zero-order chi connectivity index (χ0) is 17.9. The number of nitrogens with one attached hydrogen (secondary N) is 2. The summed E-state index contributed by atoms with van der Waals surface area (Å²) in [6.07, 6.45) is 2.13. The lowest BCUT2D eigenvalue weighted by Crippen LogP contribution is -2.43. The third-order valence-corrected chi connectivity index (χ3v) is 5.48. The molecule has 0 radical (unpaired) electrons. The Kier molecular flexibility index (Phi) is 5.99. The lowest BCUT2D eigenvalue weighted by Gasteiger charge is -2.08. The summed E-state index contributed by atoms with van der Waals surface area (Å²) in [7, 11) is 0. The van der Waals surface area contributed by atoms with E-state index in [0.717, 1.165) is 4.90 Å². The summed E-state index contributed by atoms with van der Waals surface area (Å²) >= 11 is 7.21. The summed E-state index contributed by atoms with van der Waals surface area (Å²) < 4.78 is 0. The molecular weight excluding hydrogens is 344 g/mol. The van der Waals surface area contributed by atoms with Crippen molar-refractivity contribution in [1.82, 2.24) is 10.9 Å². The van der Waals surface area contributed by atoms with Gasteiger partial charge in [-0.25, -0.2) is 0 Å². The number of allylic oxidation sites excluding steroid dienone is 2. The number of halogens is 1. The van der Waals surface area contributed by atoms with Crippen molar-refractivity contribution in [2.45, 2.75) is 32.6 Å². The maximum absolute atomic E-state index is 12.3. The molecule has 0 heterocycles. The van der Waals surface area contributed by atoms with Gasteiger partial charge in [-0.1, -0.05) is 37.1 Å². The standard InChI is InChI=1S/C18H23ClN2O2S/c1-11(2)9-14-16(18(14,3)4)17(23)21-20-15(22)10-24-13-7-5-12(19)6-8-13/h5-9,14,16H,10H2,1-4H3,(H,20,22)(H,21,23). The number of rotatable bonds is 5. The van der Waals surface area contributed by atoms with E-state index >= 15 is 0 Å². The molecule has 0 spiro atoms. The Hall–Kier alpha value is -1.46. The number of thioether (sulfide) groups is 1. The van der Waals surface area contributed by atoms with Crippen LogP contribution in [0.25, 0.3) is 0 Å². The largest absolute Gasteiger partial charge is 0.273 e. The van der Waals surface area contributed by atoms with Gasteiger partial charge in [0.05, 0.1) is 11.7 Å². The van der Waals surface area contributed by atoms with Gasteiger partial charge in [0, 0.05) is 9.92 Å². The highest BCUT2D eigenvalue weighted by Crippen LogP contribution is 2.59. The molecule has 1 fully saturated rings. The SMILES string of the molecule is CC(C)=CC1C(C(=O)NNC(=O)CSc2ccc(Cl)cc2)C1(C)C. The normalized spacial score (nSPS) is 20.9. The second kappa shape index (κ2) is 7.62. The van der Waals surface area contributed by atoms with Crippen molar-refractivity contribution in [1.29, 1.82) is 0 Å². The molecule has 24 heavy (non-hydrogen) atoms. The van der Waals surface area contributed by atoms with E-state index in [2.05, 4.69) is 30.8 Å². The molecule has 6 heteroatoms. The molecular formula is C18H23ClN2O2S. The number of hydrogen-bond acceptors (Lipinski definition) is 3. The van der Waals surface area contributed by atoms with Gasteiger partial charge in [-0.15, -0.1) is 11.8 Å². The number of carbonyl (C=O) groups is 2. The molecule has 0 bridgehead atoms. The molecule has 2 unspecified atom stereocenters. The summed E-state index contributed by atoms with van der Waals surface area (Å²) in [4.78, 5) is 25.1. The molecule has 0 saturated heterocycles. The smallest absolute Gasteiger partial charge is 0.248 e. The molecule has 4 nitrogen and oxygen atoms in total. The quantitative estimate of drug-likeness (QED) is 0.473. The van der Waals surface area contributed by atoms with Gasteiger partial charge in [-0.2, -0.15) is 0 Å². The Bertz CT molecular complexity index is 651. The van der Waals surface area contributed by atoms with Crippen molar-refractivity contribution in [2.75, 3.05) is 5.75 Å². The molecule has 1 aromatic carbocycles. The van der Waals surface area contributed by atoms with Gasteiger partial charge in [-0.05, 0) is 49.4 Å². The Labute approximate surface area is 152 Å². The van der Waals surface area contributed by atoms with Crippen LogP contribution in [0.15, 0.2) is 40.8 Å². The first-order valence-corrected chi connectivity index (χ1v) is 9.20. The third-order valence-electron chi connectivity index (χ3n) is 4.21. The Morgan fingerprint density at radius 3 is 2.42 bits per heavy atom. The van der Waals surface area contributed by atoms with Crippen LogP contribution in [0.4, 0.5) is 0 Å². The Morgan fingerprint density at radius 2 is 1.83 bits per heavy atom. The van der Waals surface area contributed by atoms with Crippen LogP contribution in [-0.4, -0.2) is 17.6 Å². The summed E-state index contributed by atoms with van der Waals surface area (Å²) in [5, 5.41) is 0.661. The van der Waals surface area contributed by atoms with E-state index in [4.69, 9.17) is 11.6 Å². The van der Waals surface area contributed by atoms with Crippen LogP contribution in [0.3, 0.4) is 0 Å². The minimum absolute atomic E-state index is 0.0653. The highest BCUT2D eigenvalue weighted by molar-refractivity contribution is 8.00. The van der Waals surface area contributed by atoms with Crippen LogP contribution >= 0.6 is 23.4 Å². The van der Waals surface area contributed by atoms with Gasteiger partial charge in [0.2, 0.25) is 11.8 Å². The van der Waals surface area contributed by atoms with E-state index in [0.29, 0.717) is 5.02 Å². The number of hydrazine groups is 1. The van der Waals surface area contributed by atoms with Gasteiger partial charge in [-0.3, -0.25) is 20.4 Å². The molecule has 1 aliphatic carbocycles. The van der Waals surface area contributed by atoms with E-state index in [1.807, 2.05) is 26.0 Å². The zero-order valence-corrected chi connectivity index (χ0v) is 15.9. The molecule has 0 aliphatic heterocycles. The van der Waals surface area contributed by atoms with Gasteiger partial charge in [0.25, 0.3) is 0 Å². The molecule has 1 saturated carbocycles. The monoisotopic (exact) mass is 366 g/mol. The topological polar surface area (TPSA) is 58.2 Å². The lowest BCUT2D eigenvalue weighted by atomic mass is 10.1. The molecule has 2 amide bonds. The number of carbonyl (C=O) groups excluding carboxylic acids is 2. The number of amides is 2. The molecule has 130 valence electrons. The average Bonchev–Trinajstić information content (AvgIpc) is 3.04.